The minimum atomic E-state index is 0.125. The highest BCUT2D eigenvalue weighted by Crippen LogP contribution is 2.05. The molecule has 0 spiro atoms. The first-order chi connectivity index (χ1) is 5.33. The maximum Gasteiger partial charge on any atom is 0.220 e. The standard InChI is InChI=1S/C8H15NO2/c1-2-8(10)9-7-4-3-5-11-6-7/h7H,2-6H2,1H3,(H,9,10)/t7-/m1/s1. The van der Waals surface area contributed by atoms with Crippen LogP contribution in [-0.2, 0) is 9.53 Å². The predicted octanol–water partition coefficient (Wildman–Crippen LogP) is 0.692. The molecule has 1 amide bonds. The van der Waals surface area contributed by atoms with Gasteiger partial charge in [0.05, 0.1) is 12.6 Å². The summed E-state index contributed by atoms with van der Waals surface area (Å²) >= 11 is 0. The molecule has 1 heterocycles. The summed E-state index contributed by atoms with van der Waals surface area (Å²) in [6, 6.07) is 0.260. The summed E-state index contributed by atoms with van der Waals surface area (Å²) in [5, 5.41) is 2.90. The van der Waals surface area contributed by atoms with Gasteiger partial charge in [-0.25, -0.2) is 0 Å². The van der Waals surface area contributed by atoms with Crippen molar-refractivity contribution in [2.24, 2.45) is 0 Å². The van der Waals surface area contributed by atoms with E-state index in [-0.39, 0.29) is 11.9 Å². The van der Waals surface area contributed by atoms with Crippen LogP contribution in [0.2, 0.25) is 0 Å². The Hall–Kier alpha value is -0.570. The number of carbonyl (C=O) groups excluding carboxylic acids is 1. The van der Waals surface area contributed by atoms with Crippen LogP contribution in [0, 0.1) is 0 Å². The van der Waals surface area contributed by atoms with Gasteiger partial charge in [0.1, 0.15) is 0 Å². The highest BCUT2D eigenvalue weighted by Gasteiger charge is 2.14. The van der Waals surface area contributed by atoms with Crippen LogP contribution in [0.25, 0.3) is 0 Å². The summed E-state index contributed by atoms with van der Waals surface area (Å²) in [7, 11) is 0. The second-order valence-corrected chi connectivity index (χ2v) is 2.84. The van der Waals surface area contributed by atoms with Gasteiger partial charge in [-0.1, -0.05) is 6.92 Å². The van der Waals surface area contributed by atoms with Gasteiger partial charge in [-0.05, 0) is 12.8 Å². The Bertz CT molecular complexity index is 130. The summed E-state index contributed by atoms with van der Waals surface area (Å²) in [5.41, 5.74) is 0. The van der Waals surface area contributed by atoms with E-state index in [1.807, 2.05) is 6.92 Å². The molecule has 0 bridgehead atoms. The quantitative estimate of drug-likeness (QED) is 0.640. The van der Waals surface area contributed by atoms with E-state index in [1.54, 1.807) is 0 Å². The summed E-state index contributed by atoms with van der Waals surface area (Å²) < 4.78 is 5.21. The lowest BCUT2D eigenvalue weighted by molar-refractivity contribution is -0.122. The molecular formula is C8H15NO2. The van der Waals surface area contributed by atoms with Crippen LogP contribution in [-0.4, -0.2) is 25.2 Å². The third-order valence-electron chi connectivity index (χ3n) is 1.85. The van der Waals surface area contributed by atoms with E-state index in [4.69, 9.17) is 4.74 Å². The van der Waals surface area contributed by atoms with Crippen molar-refractivity contribution in [1.82, 2.24) is 5.32 Å². The zero-order chi connectivity index (χ0) is 8.10. The molecule has 0 aliphatic carbocycles. The van der Waals surface area contributed by atoms with Crippen LogP contribution >= 0.6 is 0 Å². The van der Waals surface area contributed by atoms with Crippen molar-refractivity contribution in [2.75, 3.05) is 13.2 Å². The number of ether oxygens (including phenoxy) is 1. The fourth-order valence-corrected chi connectivity index (χ4v) is 1.18. The zero-order valence-electron chi connectivity index (χ0n) is 6.93. The first kappa shape index (κ1) is 8.53. The first-order valence-electron chi connectivity index (χ1n) is 4.20. The maximum atomic E-state index is 10.9. The number of amides is 1. The van der Waals surface area contributed by atoms with Gasteiger partial charge in [-0.2, -0.15) is 0 Å². The van der Waals surface area contributed by atoms with E-state index < -0.39 is 0 Å². The van der Waals surface area contributed by atoms with Gasteiger partial charge >= 0.3 is 0 Å². The van der Waals surface area contributed by atoms with Gasteiger partial charge in [-0.15, -0.1) is 0 Å². The predicted molar refractivity (Wildman–Crippen MR) is 42.3 cm³/mol. The largest absolute Gasteiger partial charge is 0.379 e. The molecule has 0 aromatic heterocycles. The minimum Gasteiger partial charge on any atom is -0.379 e. The number of nitrogens with one attached hydrogen (secondary N) is 1. The molecule has 0 radical (unpaired) electrons. The highest BCUT2D eigenvalue weighted by atomic mass is 16.5. The van der Waals surface area contributed by atoms with Crippen LogP contribution in [0.15, 0.2) is 0 Å². The lowest BCUT2D eigenvalue weighted by Crippen LogP contribution is -2.40. The SMILES string of the molecule is CCC(=O)N[C@@H]1CCCOC1. The molecule has 3 heteroatoms. The average Bonchev–Trinajstić information content (AvgIpc) is 2.06. The maximum absolute atomic E-state index is 10.9. The average molecular weight is 157 g/mol. The normalized spacial score (nSPS) is 24.6. The second kappa shape index (κ2) is 4.34. The van der Waals surface area contributed by atoms with E-state index in [1.165, 1.54) is 0 Å². The van der Waals surface area contributed by atoms with Gasteiger partial charge in [0, 0.05) is 13.0 Å². The molecule has 1 fully saturated rings. The van der Waals surface area contributed by atoms with E-state index in [0.717, 1.165) is 19.4 Å². The van der Waals surface area contributed by atoms with Gasteiger partial charge < -0.3 is 10.1 Å². The molecule has 1 aliphatic rings. The monoisotopic (exact) mass is 157 g/mol. The molecule has 0 unspecified atom stereocenters. The molecule has 64 valence electrons. The minimum absolute atomic E-state index is 0.125. The van der Waals surface area contributed by atoms with E-state index in [2.05, 4.69) is 5.32 Å². The fourth-order valence-electron chi connectivity index (χ4n) is 1.18. The lowest BCUT2D eigenvalue weighted by atomic mass is 10.1. The molecule has 0 aromatic rings. The Morgan fingerprint density at radius 1 is 1.73 bits per heavy atom. The number of hydrogen-bond donors (Lipinski definition) is 1. The fraction of sp³-hybridized carbons (Fsp3) is 0.875. The molecule has 1 rings (SSSR count). The van der Waals surface area contributed by atoms with Gasteiger partial charge in [-0.3, -0.25) is 4.79 Å². The highest BCUT2D eigenvalue weighted by molar-refractivity contribution is 5.75. The van der Waals surface area contributed by atoms with Crippen molar-refractivity contribution in [3.8, 4) is 0 Å². The van der Waals surface area contributed by atoms with Gasteiger partial charge in [0.15, 0.2) is 0 Å². The van der Waals surface area contributed by atoms with Crippen LogP contribution in [0.1, 0.15) is 26.2 Å². The molecule has 1 aliphatic heterocycles. The van der Waals surface area contributed by atoms with Gasteiger partial charge in [0.25, 0.3) is 0 Å². The third-order valence-corrected chi connectivity index (χ3v) is 1.85. The smallest absolute Gasteiger partial charge is 0.220 e. The summed E-state index contributed by atoms with van der Waals surface area (Å²) in [5.74, 6) is 0.125. The number of carbonyl (C=O) groups is 1. The molecule has 1 atom stereocenters. The second-order valence-electron chi connectivity index (χ2n) is 2.84. The Morgan fingerprint density at radius 2 is 2.55 bits per heavy atom. The Kier molecular flexibility index (Phi) is 3.36. The van der Waals surface area contributed by atoms with E-state index >= 15 is 0 Å². The molecular weight excluding hydrogens is 142 g/mol. The Morgan fingerprint density at radius 3 is 3.09 bits per heavy atom. The van der Waals surface area contributed by atoms with Crippen molar-refractivity contribution in [3.63, 3.8) is 0 Å². The zero-order valence-corrected chi connectivity index (χ0v) is 6.93. The molecule has 1 N–H and O–H groups in total. The number of rotatable bonds is 2. The van der Waals surface area contributed by atoms with Gasteiger partial charge in [0.2, 0.25) is 5.91 Å². The lowest BCUT2D eigenvalue weighted by Gasteiger charge is -2.22. The molecule has 1 saturated heterocycles. The van der Waals surface area contributed by atoms with Crippen molar-refractivity contribution in [2.45, 2.75) is 32.2 Å². The van der Waals surface area contributed by atoms with E-state index in [0.29, 0.717) is 13.0 Å². The Balaban J connectivity index is 2.19. The van der Waals surface area contributed by atoms with Crippen molar-refractivity contribution in [3.05, 3.63) is 0 Å². The van der Waals surface area contributed by atoms with Crippen molar-refractivity contribution in [1.29, 1.82) is 0 Å². The first-order valence-corrected chi connectivity index (χ1v) is 4.20. The molecule has 0 saturated carbocycles. The van der Waals surface area contributed by atoms with Crippen molar-refractivity contribution < 1.29 is 9.53 Å². The Labute approximate surface area is 67.1 Å². The topological polar surface area (TPSA) is 38.3 Å². The summed E-state index contributed by atoms with van der Waals surface area (Å²) in [4.78, 5) is 10.9. The van der Waals surface area contributed by atoms with Crippen LogP contribution < -0.4 is 5.32 Å². The van der Waals surface area contributed by atoms with Crippen LogP contribution in [0.3, 0.4) is 0 Å². The molecule has 0 aromatic carbocycles. The summed E-state index contributed by atoms with van der Waals surface area (Å²) in [6.45, 7) is 3.39. The molecule has 11 heavy (non-hydrogen) atoms. The van der Waals surface area contributed by atoms with Crippen LogP contribution in [0.5, 0.6) is 0 Å². The van der Waals surface area contributed by atoms with Crippen molar-refractivity contribution >= 4 is 5.91 Å². The van der Waals surface area contributed by atoms with E-state index in [9.17, 15) is 4.79 Å². The molecule has 3 nitrogen and oxygen atoms in total. The summed E-state index contributed by atoms with van der Waals surface area (Å²) in [6.07, 6.45) is 2.69. The third kappa shape index (κ3) is 2.89. The number of hydrogen-bond acceptors (Lipinski definition) is 2. The van der Waals surface area contributed by atoms with Crippen LogP contribution in [0.4, 0.5) is 0 Å².